The molecule has 1 fully saturated rings. The Bertz CT molecular complexity index is 545. The number of fused-ring (bicyclic) bond motifs is 1. The van der Waals surface area contributed by atoms with Gasteiger partial charge in [-0.2, -0.15) is 5.10 Å². The van der Waals surface area contributed by atoms with Gasteiger partial charge in [0.1, 0.15) is 0 Å². The van der Waals surface area contributed by atoms with Gasteiger partial charge in [-0.05, 0) is 32.2 Å². The van der Waals surface area contributed by atoms with E-state index in [0.717, 1.165) is 30.7 Å². The van der Waals surface area contributed by atoms with E-state index in [1.54, 1.807) is 0 Å². The van der Waals surface area contributed by atoms with Gasteiger partial charge in [-0.15, -0.1) is 5.10 Å². The summed E-state index contributed by atoms with van der Waals surface area (Å²) < 4.78 is 0. The molecule has 1 aliphatic rings. The minimum Gasteiger partial charge on any atom is -0.352 e. The SMILES string of the molecule is NCCCN(c1nncc2ccccc12)C1CCC1. The van der Waals surface area contributed by atoms with E-state index >= 15 is 0 Å². The Hall–Kier alpha value is -1.68. The summed E-state index contributed by atoms with van der Waals surface area (Å²) in [6.07, 6.45) is 6.68. The first kappa shape index (κ1) is 12.4. The van der Waals surface area contributed by atoms with Gasteiger partial charge in [0.05, 0.1) is 6.20 Å². The van der Waals surface area contributed by atoms with E-state index in [-0.39, 0.29) is 0 Å². The highest BCUT2D eigenvalue weighted by Crippen LogP contribution is 2.32. The van der Waals surface area contributed by atoms with E-state index in [0.29, 0.717) is 6.04 Å². The number of hydrogen-bond donors (Lipinski definition) is 1. The predicted molar refractivity (Wildman–Crippen MR) is 78.2 cm³/mol. The summed E-state index contributed by atoms with van der Waals surface area (Å²) in [6, 6.07) is 8.95. The summed E-state index contributed by atoms with van der Waals surface area (Å²) in [4.78, 5) is 2.41. The molecular weight excluding hydrogens is 236 g/mol. The molecule has 4 heteroatoms. The summed E-state index contributed by atoms with van der Waals surface area (Å²) in [5.74, 6) is 1.02. The molecule has 1 aromatic carbocycles. The fraction of sp³-hybridized carbons (Fsp3) is 0.467. The molecule has 1 heterocycles. The Labute approximate surface area is 113 Å². The second-order valence-electron chi connectivity index (χ2n) is 5.18. The highest BCUT2D eigenvalue weighted by Gasteiger charge is 2.26. The van der Waals surface area contributed by atoms with Crippen LogP contribution in [0, 0.1) is 0 Å². The number of benzene rings is 1. The topological polar surface area (TPSA) is 55.0 Å². The molecule has 0 aliphatic heterocycles. The second kappa shape index (κ2) is 5.53. The van der Waals surface area contributed by atoms with E-state index in [2.05, 4.69) is 33.3 Å². The maximum atomic E-state index is 5.66. The molecule has 0 amide bonds. The van der Waals surface area contributed by atoms with Crippen molar-refractivity contribution in [1.29, 1.82) is 0 Å². The average Bonchev–Trinajstić information content (AvgIpc) is 2.41. The zero-order valence-corrected chi connectivity index (χ0v) is 11.1. The van der Waals surface area contributed by atoms with Crippen molar-refractivity contribution in [2.24, 2.45) is 5.73 Å². The molecule has 0 spiro atoms. The summed E-state index contributed by atoms with van der Waals surface area (Å²) >= 11 is 0. The molecule has 4 nitrogen and oxygen atoms in total. The van der Waals surface area contributed by atoms with Gasteiger partial charge in [-0.3, -0.25) is 0 Å². The molecule has 1 saturated carbocycles. The van der Waals surface area contributed by atoms with Crippen LogP contribution in [0.3, 0.4) is 0 Å². The van der Waals surface area contributed by atoms with E-state index in [1.165, 1.54) is 24.6 Å². The lowest BCUT2D eigenvalue weighted by Gasteiger charge is -2.38. The number of rotatable bonds is 5. The lowest BCUT2D eigenvalue weighted by Crippen LogP contribution is -2.42. The smallest absolute Gasteiger partial charge is 0.159 e. The first-order valence-electron chi connectivity index (χ1n) is 7.07. The lowest BCUT2D eigenvalue weighted by atomic mass is 9.91. The van der Waals surface area contributed by atoms with Crippen LogP contribution in [0.1, 0.15) is 25.7 Å². The third kappa shape index (κ3) is 2.40. The maximum absolute atomic E-state index is 5.66. The molecule has 3 rings (SSSR count). The molecule has 2 aromatic rings. The molecule has 2 N–H and O–H groups in total. The van der Waals surface area contributed by atoms with E-state index < -0.39 is 0 Å². The maximum Gasteiger partial charge on any atom is 0.159 e. The Morgan fingerprint density at radius 2 is 2.11 bits per heavy atom. The molecule has 0 saturated heterocycles. The van der Waals surface area contributed by atoms with Crippen LogP contribution in [0.15, 0.2) is 30.5 Å². The van der Waals surface area contributed by atoms with Gasteiger partial charge in [0.15, 0.2) is 5.82 Å². The molecule has 100 valence electrons. The van der Waals surface area contributed by atoms with Crippen LogP contribution < -0.4 is 10.6 Å². The van der Waals surface area contributed by atoms with Gasteiger partial charge < -0.3 is 10.6 Å². The fourth-order valence-electron chi connectivity index (χ4n) is 2.65. The van der Waals surface area contributed by atoms with Crippen molar-refractivity contribution < 1.29 is 0 Å². The molecule has 1 aliphatic carbocycles. The Morgan fingerprint density at radius 3 is 2.84 bits per heavy atom. The third-order valence-corrected chi connectivity index (χ3v) is 3.94. The number of anilines is 1. The van der Waals surface area contributed by atoms with Gasteiger partial charge in [0.25, 0.3) is 0 Å². The summed E-state index contributed by atoms with van der Waals surface area (Å²) in [7, 11) is 0. The quantitative estimate of drug-likeness (QED) is 0.892. The molecule has 0 unspecified atom stereocenters. The van der Waals surface area contributed by atoms with Crippen molar-refractivity contribution >= 4 is 16.6 Å². The predicted octanol–water partition coefficient (Wildman–Crippen LogP) is 2.34. The summed E-state index contributed by atoms with van der Waals surface area (Å²) in [5, 5.41) is 10.9. The molecule has 1 aromatic heterocycles. The lowest BCUT2D eigenvalue weighted by molar-refractivity contribution is 0.383. The third-order valence-electron chi connectivity index (χ3n) is 3.94. The first-order chi connectivity index (χ1) is 9.40. The molecule has 0 bridgehead atoms. The van der Waals surface area contributed by atoms with Crippen molar-refractivity contribution in [2.75, 3.05) is 18.0 Å². The van der Waals surface area contributed by atoms with Crippen LogP contribution in [0.4, 0.5) is 5.82 Å². The number of nitrogens with zero attached hydrogens (tertiary/aromatic N) is 3. The number of nitrogens with two attached hydrogens (primary N) is 1. The van der Waals surface area contributed by atoms with Gasteiger partial charge in [0.2, 0.25) is 0 Å². The van der Waals surface area contributed by atoms with Crippen LogP contribution in [-0.2, 0) is 0 Å². The summed E-state index contributed by atoms with van der Waals surface area (Å²) in [6.45, 7) is 1.70. The molecular formula is C15H20N4. The van der Waals surface area contributed by atoms with Gasteiger partial charge in [0, 0.05) is 23.4 Å². The van der Waals surface area contributed by atoms with Crippen molar-refractivity contribution in [3.8, 4) is 0 Å². The molecule has 0 radical (unpaired) electrons. The Balaban J connectivity index is 1.98. The van der Waals surface area contributed by atoms with Crippen molar-refractivity contribution in [1.82, 2.24) is 10.2 Å². The Kier molecular flexibility index (Phi) is 3.60. The first-order valence-corrected chi connectivity index (χ1v) is 7.07. The standard InChI is InChI=1S/C15H20N4/c16-9-4-10-19(13-6-3-7-13)15-14-8-2-1-5-12(14)11-17-18-15/h1-2,5,8,11,13H,3-4,6-7,9-10,16H2. The van der Waals surface area contributed by atoms with Crippen LogP contribution in [-0.4, -0.2) is 29.3 Å². The normalized spacial score (nSPS) is 15.4. The van der Waals surface area contributed by atoms with Crippen molar-refractivity contribution in [2.45, 2.75) is 31.7 Å². The zero-order valence-electron chi connectivity index (χ0n) is 11.1. The fourth-order valence-corrected chi connectivity index (χ4v) is 2.65. The van der Waals surface area contributed by atoms with E-state index in [4.69, 9.17) is 5.73 Å². The number of aromatic nitrogens is 2. The summed E-state index contributed by atoms with van der Waals surface area (Å²) in [5.41, 5.74) is 5.66. The molecule has 19 heavy (non-hydrogen) atoms. The molecule has 0 atom stereocenters. The monoisotopic (exact) mass is 256 g/mol. The van der Waals surface area contributed by atoms with Crippen LogP contribution >= 0.6 is 0 Å². The highest BCUT2D eigenvalue weighted by molar-refractivity contribution is 5.91. The average molecular weight is 256 g/mol. The van der Waals surface area contributed by atoms with Crippen molar-refractivity contribution in [3.63, 3.8) is 0 Å². The second-order valence-corrected chi connectivity index (χ2v) is 5.18. The minimum absolute atomic E-state index is 0.617. The zero-order chi connectivity index (χ0) is 13.1. The van der Waals surface area contributed by atoms with Gasteiger partial charge in [-0.25, -0.2) is 0 Å². The van der Waals surface area contributed by atoms with E-state index in [9.17, 15) is 0 Å². The van der Waals surface area contributed by atoms with Gasteiger partial charge in [-0.1, -0.05) is 24.3 Å². The van der Waals surface area contributed by atoms with Gasteiger partial charge >= 0.3 is 0 Å². The minimum atomic E-state index is 0.617. The van der Waals surface area contributed by atoms with Crippen LogP contribution in [0.5, 0.6) is 0 Å². The Morgan fingerprint density at radius 1 is 1.26 bits per heavy atom. The number of hydrogen-bond acceptors (Lipinski definition) is 4. The van der Waals surface area contributed by atoms with Crippen LogP contribution in [0.25, 0.3) is 10.8 Å². The highest BCUT2D eigenvalue weighted by atomic mass is 15.3. The van der Waals surface area contributed by atoms with Crippen molar-refractivity contribution in [3.05, 3.63) is 30.5 Å². The van der Waals surface area contributed by atoms with E-state index in [1.807, 2.05) is 12.3 Å². The van der Waals surface area contributed by atoms with Crippen LogP contribution in [0.2, 0.25) is 0 Å². The largest absolute Gasteiger partial charge is 0.352 e.